The highest BCUT2D eigenvalue weighted by molar-refractivity contribution is 6.00. The number of allylic oxidation sites excluding steroid dienone is 2. The van der Waals surface area contributed by atoms with Gasteiger partial charge in [-0.05, 0) is 49.5 Å². The van der Waals surface area contributed by atoms with Crippen LogP contribution in [0.25, 0.3) is 0 Å². The average Bonchev–Trinajstić information content (AvgIpc) is 3.54. The van der Waals surface area contributed by atoms with E-state index in [1.54, 1.807) is 18.6 Å². The van der Waals surface area contributed by atoms with Crippen LogP contribution in [0.3, 0.4) is 0 Å². The molecule has 0 amide bonds. The molecule has 7 nitrogen and oxygen atoms in total. The van der Waals surface area contributed by atoms with Gasteiger partial charge in [0, 0.05) is 22.7 Å². The topological polar surface area (TPSA) is 92.0 Å². The summed E-state index contributed by atoms with van der Waals surface area (Å²) >= 11 is 0. The second-order valence-corrected chi connectivity index (χ2v) is 11.2. The van der Waals surface area contributed by atoms with Crippen LogP contribution in [0.4, 0.5) is 0 Å². The van der Waals surface area contributed by atoms with Gasteiger partial charge in [-0.25, -0.2) is 0 Å². The minimum absolute atomic E-state index is 0.0658. The van der Waals surface area contributed by atoms with Crippen LogP contribution in [0.1, 0.15) is 52.0 Å². The van der Waals surface area contributed by atoms with Crippen molar-refractivity contribution in [3.63, 3.8) is 0 Å². The molecule has 3 heterocycles. The summed E-state index contributed by atoms with van der Waals surface area (Å²) in [6.45, 7) is 7.96. The second-order valence-electron chi connectivity index (χ2n) is 11.2. The summed E-state index contributed by atoms with van der Waals surface area (Å²) < 4.78 is 23.2. The number of ether oxygens (including phenoxy) is 3. The zero-order valence-corrected chi connectivity index (χ0v) is 20.1. The molecule has 6 rings (SSSR count). The molecule has 0 aromatic carbocycles. The first-order valence-electron chi connectivity index (χ1n) is 12.0. The monoisotopic (exact) mass is 466 g/mol. The predicted molar refractivity (Wildman–Crippen MR) is 119 cm³/mol. The SMILES string of the molecule is COC(=O)C[C@H]1[C@]2(C)C3=C(C)[C@@H](c4ccoc4)C[C@H]3O[C@@H]2[C@@H]2OC(=O)[C@]3(C)C=CC(=O)[C@@]1(C)[C@H]23. The van der Waals surface area contributed by atoms with Crippen molar-refractivity contribution >= 4 is 17.7 Å². The Bertz CT molecular complexity index is 1160. The Kier molecular flexibility index (Phi) is 4.31. The minimum atomic E-state index is -0.987. The Labute approximate surface area is 198 Å². The van der Waals surface area contributed by atoms with Crippen LogP contribution in [0.5, 0.6) is 0 Å². The van der Waals surface area contributed by atoms with Crippen LogP contribution in [0, 0.1) is 28.1 Å². The van der Waals surface area contributed by atoms with Crippen molar-refractivity contribution in [3.05, 3.63) is 47.5 Å². The Morgan fingerprint density at radius 3 is 2.65 bits per heavy atom. The summed E-state index contributed by atoms with van der Waals surface area (Å²) in [5, 5.41) is 0. The first-order chi connectivity index (χ1) is 16.1. The molecular formula is C27H30O7. The smallest absolute Gasteiger partial charge is 0.316 e. The van der Waals surface area contributed by atoms with Gasteiger partial charge in [-0.3, -0.25) is 14.4 Å². The molecule has 34 heavy (non-hydrogen) atoms. The molecule has 0 unspecified atom stereocenters. The van der Waals surface area contributed by atoms with Crippen molar-refractivity contribution in [1.82, 2.24) is 0 Å². The van der Waals surface area contributed by atoms with E-state index in [0.29, 0.717) is 0 Å². The fraction of sp³-hybridized carbons (Fsp3) is 0.593. The lowest BCUT2D eigenvalue weighted by atomic mass is 9.42. The van der Waals surface area contributed by atoms with E-state index >= 15 is 0 Å². The van der Waals surface area contributed by atoms with E-state index in [0.717, 1.165) is 17.6 Å². The van der Waals surface area contributed by atoms with Crippen LogP contribution in [0.2, 0.25) is 0 Å². The molecule has 2 saturated heterocycles. The average molecular weight is 467 g/mol. The number of hydrogen-bond donors (Lipinski definition) is 0. The number of ketones is 1. The van der Waals surface area contributed by atoms with Gasteiger partial charge in [0.25, 0.3) is 0 Å². The highest BCUT2D eigenvalue weighted by Crippen LogP contribution is 2.72. The highest BCUT2D eigenvalue weighted by atomic mass is 16.6. The number of carbonyl (C=O) groups excluding carboxylic acids is 3. The molecule has 5 aliphatic rings. The molecule has 3 aliphatic carbocycles. The lowest BCUT2D eigenvalue weighted by Crippen LogP contribution is -2.66. The maximum atomic E-state index is 13.7. The van der Waals surface area contributed by atoms with E-state index in [1.165, 1.54) is 18.8 Å². The number of methoxy groups -OCH3 is 1. The standard InChI is InChI=1S/C27H30O7/c1-13-15(14-7-9-32-12-14)10-16-20(13)27(4)17(11-19(29)31-5)26(3)18(28)6-8-25(2)22(26)21(23(27)33-16)34-24(25)30/h6-9,12,15-17,21-23H,10-11H2,1-5H3/t15-,16+,17+,21+,22+,23+,25+,26-,27+/m0/s1. The Morgan fingerprint density at radius 2 is 1.97 bits per heavy atom. The summed E-state index contributed by atoms with van der Waals surface area (Å²) in [7, 11) is 1.37. The van der Waals surface area contributed by atoms with Crippen molar-refractivity contribution < 1.29 is 33.0 Å². The second kappa shape index (κ2) is 6.72. The number of esters is 2. The summed E-state index contributed by atoms with van der Waals surface area (Å²) in [6, 6.07) is 1.97. The predicted octanol–water partition coefficient (Wildman–Crippen LogP) is 3.74. The first kappa shape index (κ1) is 21.8. The van der Waals surface area contributed by atoms with Crippen LogP contribution in [-0.4, -0.2) is 43.1 Å². The Hall–Kier alpha value is -2.67. The van der Waals surface area contributed by atoms with Crippen LogP contribution in [0.15, 0.2) is 46.3 Å². The summed E-state index contributed by atoms with van der Waals surface area (Å²) in [6.07, 6.45) is 6.29. The number of hydrogen-bond acceptors (Lipinski definition) is 7. The molecule has 1 saturated carbocycles. The minimum Gasteiger partial charge on any atom is -0.472 e. The van der Waals surface area contributed by atoms with Gasteiger partial charge >= 0.3 is 11.9 Å². The zero-order valence-electron chi connectivity index (χ0n) is 20.1. The highest BCUT2D eigenvalue weighted by Gasteiger charge is 2.77. The molecular weight excluding hydrogens is 436 g/mol. The molecule has 1 aromatic rings. The van der Waals surface area contributed by atoms with E-state index in [4.69, 9.17) is 18.6 Å². The number of carbonyl (C=O) groups is 3. The first-order valence-corrected chi connectivity index (χ1v) is 12.0. The molecule has 0 bridgehead atoms. The lowest BCUT2D eigenvalue weighted by Gasteiger charge is -2.59. The molecule has 3 fully saturated rings. The molecule has 180 valence electrons. The normalized spacial score (nSPS) is 46.3. The number of fused-ring (bicyclic) bond motifs is 4. The third-order valence-electron chi connectivity index (χ3n) is 9.91. The Morgan fingerprint density at radius 1 is 1.21 bits per heavy atom. The van der Waals surface area contributed by atoms with Gasteiger partial charge in [-0.1, -0.05) is 25.5 Å². The van der Waals surface area contributed by atoms with Gasteiger partial charge in [0.1, 0.15) is 12.2 Å². The van der Waals surface area contributed by atoms with Crippen LogP contribution < -0.4 is 0 Å². The summed E-state index contributed by atoms with van der Waals surface area (Å²) in [5.74, 6) is -1.46. The molecule has 7 heteroatoms. The zero-order chi connectivity index (χ0) is 24.2. The van der Waals surface area contributed by atoms with Crippen molar-refractivity contribution in [2.75, 3.05) is 7.11 Å². The quantitative estimate of drug-likeness (QED) is 0.495. The van der Waals surface area contributed by atoms with Crippen LogP contribution in [-0.2, 0) is 28.6 Å². The van der Waals surface area contributed by atoms with Gasteiger partial charge in [0.05, 0.1) is 37.6 Å². The molecule has 0 spiro atoms. The Balaban J connectivity index is 1.58. The van der Waals surface area contributed by atoms with E-state index in [1.807, 2.05) is 19.9 Å². The number of rotatable bonds is 3. The summed E-state index contributed by atoms with van der Waals surface area (Å²) in [4.78, 5) is 39.6. The van der Waals surface area contributed by atoms with Crippen molar-refractivity contribution in [1.29, 1.82) is 0 Å². The van der Waals surface area contributed by atoms with Crippen molar-refractivity contribution in [2.24, 2.45) is 28.1 Å². The molecule has 2 aliphatic heterocycles. The molecule has 0 N–H and O–H groups in total. The summed E-state index contributed by atoms with van der Waals surface area (Å²) in [5.41, 5.74) is 0.794. The molecule has 1 aromatic heterocycles. The maximum absolute atomic E-state index is 13.7. The largest absolute Gasteiger partial charge is 0.472 e. The van der Waals surface area contributed by atoms with Crippen LogP contribution >= 0.6 is 0 Å². The van der Waals surface area contributed by atoms with E-state index in [2.05, 4.69) is 13.8 Å². The third-order valence-corrected chi connectivity index (χ3v) is 9.91. The van der Waals surface area contributed by atoms with Gasteiger partial charge in [-0.15, -0.1) is 0 Å². The van der Waals surface area contributed by atoms with E-state index in [9.17, 15) is 14.4 Å². The third kappa shape index (κ3) is 2.34. The van der Waals surface area contributed by atoms with Gasteiger partial charge in [0.2, 0.25) is 0 Å². The molecule has 0 radical (unpaired) electrons. The van der Waals surface area contributed by atoms with Gasteiger partial charge < -0.3 is 18.6 Å². The number of furan rings is 1. The van der Waals surface area contributed by atoms with Gasteiger partial charge in [-0.2, -0.15) is 0 Å². The fourth-order valence-electron chi connectivity index (χ4n) is 8.41. The van der Waals surface area contributed by atoms with Crippen molar-refractivity contribution in [3.8, 4) is 0 Å². The molecule has 9 atom stereocenters. The van der Waals surface area contributed by atoms with E-state index < -0.39 is 40.3 Å². The van der Waals surface area contributed by atoms with Crippen molar-refractivity contribution in [2.45, 2.75) is 64.8 Å². The fourth-order valence-corrected chi connectivity index (χ4v) is 8.41. The van der Waals surface area contributed by atoms with E-state index in [-0.39, 0.29) is 36.2 Å². The van der Waals surface area contributed by atoms with Gasteiger partial charge in [0.15, 0.2) is 5.78 Å². The lowest BCUT2D eigenvalue weighted by molar-refractivity contribution is -0.190. The maximum Gasteiger partial charge on any atom is 0.316 e.